The predicted octanol–water partition coefficient (Wildman–Crippen LogP) is 2.23. The van der Waals surface area contributed by atoms with Crippen LogP contribution in [0.15, 0.2) is 23.1 Å². The Morgan fingerprint density at radius 1 is 1.47 bits per heavy atom. The number of hydrogen-bond acceptors (Lipinski definition) is 4. The van der Waals surface area contributed by atoms with E-state index in [0.29, 0.717) is 0 Å². The lowest BCUT2D eigenvalue weighted by molar-refractivity contribution is 0.154. The topological polar surface area (TPSA) is 32.7 Å². The predicted molar refractivity (Wildman–Crippen MR) is 72.8 cm³/mol. The van der Waals surface area contributed by atoms with Crippen molar-refractivity contribution in [2.45, 2.75) is 24.4 Å². The minimum Gasteiger partial charge on any atom is -0.496 e. The van der Waals surface area contributed by atoms with Gasteiger partial charge in [-0.2, -0.15) is 0 Å². The number of hydrogen-bond donors (Lipinski definition) is 1. The van der Waals surface area contributed by atoms with Crippen molar-refractivity contribution >= 4 is 11.8 Å². The van der Waals surface area contributed by atoms with E-state index in [1.807, 2.05) is 20.2 Å². The Balaban J connectivity index is 2.78. The first-order valence-electron chi connectivity index (χ1n) is 5.64. The van der Waals surface area contributed by atoms with E-state index >= 15 is 0 Å². The SMILES string of the molecule is COc1cc(CN(C)C(C)CO)ccc1SC. The maximum Gasteiger partial charge on any atom is 0.132 e. The zero-order valence-corrected chi connectivity index (χ0v) is 11.8. The third-order valence-electron chi connectivity index (χ3n) is 2.90. The molecule has 3 nitrogen and oxygen atoms in total. The standard InChI is InChI=1S/C13H21NO2S/c1-10(9-15)14(2)8-11-5-6-13(17-4)12(7-11)16-3/h5-7,10,15H,8-9H2,1-4H3. The Morgan fingerprint density at radius 3 is 2.71 bits per heavy atom. The van der Waals surface area contributed by atoms with E-state index in [-0.39, 0.29) is 12.6 Å². The van der Waals surface area contributed by atoms with Gasteiger partial charge in [-0.25, -0.2) is 0 Å². The summed E-state index contributed by atoms with van der Waals surface area (Å²) in [5, 5.41) is 9.10. The molecule has 1 aromatic carbocycles. The highest BCUT2D eigenvalue weighted by molar-refractivity contribution is 7.98. The Morgan fingerprint density at radius 2 is 2.18 bits per heavy atom. The van der Waals surface area contributed by atoms with Gasteiger partial charge in [0.15, 0.2) is 0 Å². The van der Waals surface area contributed by atoms with Crippen LogP contribution in [0.2, 0.25) is 0 Å². The van der Waals surface area contributed by atoms with E-state index < -0.39 is 0 Å². The van der Waals surface area contributed by atoms with Crippen molar-refractivity contribution in [1.29, 1.82) is 0 Å². The van der Waals surface area contributed by atoms with E-state index in [4.69, 9.17) is 9.84 Å². The summed E-state index contributed by atoms with van der Waals surface area (Å²) in [7, 11) is 3.70. The van der Waals surface area contributed by atoms with E-state index in [1.165, 1.54) is 5.56 Å². The van der Waals surface area contributed by atoms with Crippen LogP contribution in [-0.4, -0.2) is 43.1 Å². The molecule has 0 aromatic heterocycles. The van der Waals surface area contributed by atoms with Gasteiger partial charge in [0.1, 0.15) is 5.75 Å². The van der Waals surface area contributed by atoms with Gasteiger partial charge >= 0.3 is 0 Å². The number of ether oxygens (including phenoxy) is 1. The first kappa shape index (κ1) is 14.4. The van der Waals surface area contributed by atoms with Gasteiger partial charge in [0.05, 0.1) is 13.7 Å². The number of aliphatic hydroxyl groups excluding tert-OH is 1. The molecule has 1 unspecified atom stereocenters. The number of likely N-dealkylation sites (N-methyl/N-ethyl adjacent to an activating group) is 1. The van der Waals surface area contributed by atoms with Gasteiger partial charge in [0.25, 0.3) is 0 Å². The zero-order chi connectivity index (χ0) is 12.8. The quantitative estimate of drug-likeness (QED) is 0.790. The molecule has 0 bridgehead atoms. The lowest BCUT2D eigenvalue weighted by atomic mass is 10.2. The van der Waals surface area contributed by atoms with Gasteiger partial charge in [-0.15, -0.1) is 11.8 Å². The summed E-state index contributed by atoms with van der Waals surface area (Å²) in [6.45, 7) is 3.00. The number of thioether (sulfide) groups is 1. The molecule has 96 valence electrons. The molecular formula is C13H21NO2S. The van der Waals surface area contributed by atoms with Crippen molar-refractivity contribution in [1.82, 2.24) is 4.90 Å². The summed E-state index contributed by atoms with van der Waals surface area (Å²) in [6.07, 6.45) is 2.04. The Labute approximate surface area is 108 Å². The molecule has 0 spiro atoms. The molecule has 1 N–H and O–H groups in total. The van der Waals surface area contributed by atoms with Crippen LogP contribution in [0.4, 0.5) is 0 Å². The molecule has 0 heterocycles. The second-order valence-corrected chi connectivity index (χ2v) is 4.98. The highest BCUT2D eigenvalue weighted by Crippen LogP contribution is 2.28. The van der Waals surface area contributed by atoms with Gasteiger partial charge in [-0.3, -0.25) is 4.90 Å². The van der Waals surface area contributed by atoms with Crippen molar-refractivity contribution < 1.29 is 9.84 Å². The monoisotopic (exact) mass is 255 g/mol. The minimum absolute atomic E-state index is 0.168. The molecule has 0 saturated carbocycles. The molecule has 0 saturated heterocycles. The van der Waals surface area contributed by atoms with Crippen LogP contribution in [0.5, 0.6) is 5.75 Å². The van der Waals surface area contributed by atoms with Crippen LogP contribution in [0, 0.1) is 0 Å². The van der Waals surface area contributed by atoms with Crippen molar-refractivity contribution in [2.75, 3.05) is 27.0 Å². The fraction of sp³-hybridized carbons (Fsp3) is 0.538. The first-order valence-corrected chi connectivity index (χ1v) is 6.86. The Bertz CT molecular complexity index is 357. The fourth-order valence-corrected chi connectivity index (χ4v) is 2.11. The fourth-order valence-electron chi connectivity index (χ4n) is 1.56. The van der Waals surface area contributed by atoms with Crippen LogP contribution < -0.4 is 4.74 Å². The largest absolute Gasteiger partial charge is 0.496 e. The van der Waals surface area contributed by atoms with Crippen molar-refractivity contribution in [3.05, 3.63) is 23.8 Å². The lowest BCUT2D eigenvalue weighted by Gasteiger charge is -2.23. The molecule has 1 rings (SSSR count). The van der Waals surface area contributed by atoms with Gasteiger partial charge in [0.2, 0.25) is 0 Å². The first-order chi connectivity index (χ1) is 8.12. The Kier molecular flexibility index (Phi) is 5.82. The van der Waals surface area contributed by atoms with Crippen molar-refractivity contribution in [3.8, 4) is 5.75 Å². The number of rotatable bonds is 6. The van der Waals surface area contributed by atoms with E-state index in [0.717, 1.165) is 17.2 Å². The van der Waals surface area contributed by atoms with E-state index in [9.17, 15) is 0 Å². The molecule has 1 aromatic rings. The summed E-state index contributed by atoms with van der Waals surface area (Å²) < 4.78 is 5.36. The third-order valence-corrected chi connectivity index (χ3v) is 3.67. The zero-order valence-electron chi connectivity index (χ0n) is 10.9. The maximum atomic E-state index is 9.10. The summed E-state index contributed by atoms with van der Waals surface area (Å²) >= 11 is 1.68. The molecular weight excluding hydrogens is 234 g/mol. The molecule has 0 amide bonds. The molecule has 0 aliphatic rings. The molecule has 0 aliphatic heterocycles. The van der Waals surface area contributed by atoms with Gasteiger partial charge < -0.3 is 9.84 Å². The van der Waals surface area contributed by atoms with E-state index in [1.54, 1.807) is 18.9 Å². The van der Waals surface area contributed by atoms with Gasteiger partial charge in [-0.05, 0) is 37.9 Å². The second-order valence-electron chi connectivity index (χ2n) is 4.14. The highest BCUT2D eigenvalue weighted by Gasteiger charge is 2.10. The number of methoxy groups -OCH3 is 1. The summed E-state index contributed by atoms with van der Waals surface area (Å²) in [5.74, 6) is 0.917. The molecule has 0 aliphatic carbocycles. The van der Waals surface area contributed by atoms with Gasteiger partial charge in [0, 0.05) is 17.5 Å². The second kappa shape index (κ2) is 6.89. The average Bonchev–Trinajstić information content (AvgIpc) is 2.37. The van der Waals surface area contributed by atoms with Crippen LogP contribution in [0.1, 0.15) is 12.5 Å². The van der Waals surface area contributed by atoms with Crippen LogP contribution in [0.3, 0.4) is 0 Å². The smallest absolute Gasteiger partial charge is 0.132 e. The van der Waals surface area contributed by atoms with Crippen molar-refractivity contribution in [2.24, 2.45) is 0 Å². The van der Waals surface area contributed by atoms with E-state index in [2.05, 4.69) is 23.1 Å². The van der Waals surface area contributed by atoms with Gasteiger partial charge in [-0.1, -0.05) is 6.07 Å². The number of nitrogens with zero attached hydrogens (tertiary/aromatic N) is 1. The maximum absolute atomic E-state index is 9.10. The molecule has 1 atom stereocenters. The van der Waals surface area contributed by atoms with Crippen molar-refractivity contribution in [3.63, 3.8) is 0 Å². The average molecular weight is 255 g/mol. The normalized spacial score (nSPS) is 12.8. The highest BCUT2D eigenvalue weighted by atomic mass is 32.2. The Hall–Kier alpha value is -0.710. The molecule has 4 heteroatoms. The minimum atomic E-state index is 0.168. The summed E-state index contributed by atoms with van der Waals surface area (Å²) in [4.78, 5) is 3.27. The molecule has 0 radical (unpaired) electrons. The summed E-state index contributed by atoms with van der Waals surface area (Å²) in [6, 6.07) is 6.42. The van der Waals surface area contributed by atoms with Crippen LogP contribution >= 0.6 is 11.8 Å². The lowest BCUT2D eigenvalue weighted by Crippen LogP contribution is -2.31. The number of aliphatic hydroxyl groups is 1. The van der Waals surface area contributed by atoms with Crippen LogP contribution in [0.25, 0.3) is 0 Å². The molecule has 17 heavy (non-hydrogen) atoms. The van der Waals surface area contributed by atoms with Crippen LogP contribution in [-0.2, 0) is 6.54 Å². The summed E-state index contributed by atoms with van der Waals surface area (Å²) in [5.41, 5.74) is 1.20. The third kappa shape index (κ3) is 3.91. The molecule has 0 fully saturated rings. The number of benzene rings is 1.